The summed E-state index contributed by atoms with van der Waals surface area (Å²) >= 11 is 3.78. The maximum Gasteiger partial charge on any atom is 0.0250 e. The fraction of sp³-hybridized carbons (Fsp3) is 0.176. The Balaban J connectivity index is 1.44. The summed E-state index contributed by atoms with van der Waals surface area (Å²) in [6.07, 6.45) is 7.15. The zero-order chi connectivity index (χ0) is 24.6. The van der Waals surface area contributed by atoms with E-state index in [9.17, 15) is 0 Å². The summed E-state index contributed by atoms with van der Waals surface area (Å²) in [5, 5.41) is 4.31. The van der Waals surface area contributed by atoms with Gasteiger partial charge in [-0.1, -0.05) is 137 Å². The molecule has 0 saturated carbocycles. The summed E-state index contributed by atoms with van der Waals surface area (Å²) in [5.74, 6) is 0.934. The van der Waals surface area contributed by atoms with Crippen LogP contribution in [0.2, 0.25) is 0 Å². The van der Waals surface area contributed by atoms with Crippen molar-refractivity contribution in [2.24, 2.45) is 0 Å². The molecular formula is C34H30BrP. The van der Waals surface area contributed by atoms with Crippen LogP contribution in [0.4, 0.5) is 0 Å². The lowest BCUT2D eigenvalue weighted by atomic mass is 9.81. The van der Waals surface area contributed by atoms with Crippen LogP contribution in [0.25, 0.3) is 12.2 Å². The maximum atomic E-state index is 3.78. The monoisotopic (exact) mass is 548 g/mol. The molecule has 4 aromatic carbocycles. The van der Waals surface area contributed by atoms with Crippen molar-refractivity contribution in [3.63, 3.8) is 0 Å². The molecule has 0 radical (unpaired) electrons. The molecule has 0 spiro atoms. The van der Waals surface area contributed by atoms with E-state index in [4.69, 9.17) is 0 Å². The van der Waals surface area contributed by atoms with E-state index in [2.05, 4.69) is 139 Å². The highest BCUT2D eigenvalue weighted by Gasteiger charge is 2.33. The predicted octanol–water partition coefficient (Wildman–Crippen LogP) is 8.69. The van der Waals surface area contributed by atoms with Crippen LogP contribution >= 0.6 is 23.9 Å². The van der Waals surface area contributed by atoms with Crippen molar-refractivity contribution in [2.45, 2.75) is 38.5 Å². The van der Waals surface area contributed by atoms with Gasteiger partial charge >= 0.3 is 0 Å². The summed E-state index contributed by atoms with van der Waals surface area (Å²) in [5.41, 5.74) is 8.87. The molecule has 2 atom stereocenters. The van der Waals surface area contributed by atoms with E-state index in [1.54, 1.807) is 5.57 Å². The molecule has 2 heteroatoms. The van der Waals surface area contributed by atoms with Gasteiger partial charge in [0, 0.05) is 16.3 Å². The van der Waals surface area contributed by atoms with Crippen molar-refractivity contribution in [3.05, 3.63) is 135 Å². The second-order valence-electron chi connectivity index (χ2n) is 9.83. The van der Waals surface area contributed by atoms with Crippen LogP contribution in [0, 0.1) is 0 Å². The summed E-state index contributed by atoms with van der Waals surface area (Å²) in [7, 11) is -0.625. The van der Waals surface area contributed by atoms with E-state index in [1.807, 2.05) is 0 Å². The summed E-state index contributed by atoms with van der Waals surface area (Å²) in [6.45, 7) is 4.63. The number of allylic oxidation sites excluding steroid dienone is 2. The van der Waals surface area contributed by atoms with Gasteiger partial charge in [-0.05, 0) is 71.9 Å². The van der Waals surface area contributed by atoms with Crippen LogP contribution < -0.4 is 15.9 Å². The maximum absolute atomic E-state index is 3.78. The minimum atomic E-state index is -0.625. The largest absolute Gasteiger partial charge is 0.0651 e. The van der Waals surface area contributed by atoms with Gasteiger partial charge < -0.3 is 0 Å². The molecular weight excluding hydrogens is 519 g/mol. The summed E-state index contributed by atoms with van der Waals surface area (Å²) < 4.78 is 1.21. The van der Waals surface area contributed by atoms with Crippen molar-refractivity contribution in [1.82, 2.24) is 0 Å². The molecule has 2 aliphatic carbocycles. The van der Waals surface area contributed by atoms with Crippen LogP contribution in [0.3, 0.4) is 0 Å². The third-order valence-electron chi connectivity index (χ3n) is 7.80. The number of rotatable bonds is 6. The average Bonchev–Trinajstić information content (AvgIpc) is 3.44. The molecule has 0 aliphatic heterocycles. The van der Waals surface area contributed by atoms with Crippen LogP contribution in [0.15, 0.2) is 113 Å². The first kappa shape index (κ1) is 23.7. The minimum Gasteiger partial charge on any atom is -0.0651 e. The van der Waals surface area contributed by atoms with E-state index in [0.717, 1.165) is 12.8 Å². The van der Waals surface area contributed by atoms with Crippen molar-refractivity contribution in [3.8, 4) is 0 Å². The molecule has 2 aliphatic rings. The van der Waals surface area contributed by atoms with Crippen LogP contribution in [0.5, 0.6) is 0 Å². The molecule has 4 aromatic rings. The van der Waals surface area contributed by atoms with Gasteiger partial charge in [0.15, 0.2) is 0 Å². The van der Waals surface area contributed by atoms with E-state index in [1.165, 1.54) is 48.2 Å². The number of benzene rings is 4. The highest BCUT2D eigenvalue weighted by atomic mass is 79.9. The van der Waals surface area contributed by atoms with Crippen molar-refractivity contribution < 1.29 is 0 Å². The zero-order valence-corrected chi connectivity index (χ0v) is 23.3. The molecule has 2 unspecified atom stereocenters. The molecule has 0 bridgehead atoms. The van der Waals surface area contributed by atoms with Gasteiger partial charge in [-0.2, -0.15) is 0 Å². The summed E-state index contributed by atoms with van der Waals surface area (Å²) in [6, 6.07) is 35.9. The van der Waals surface area contributed by atoms with E-state index in [0.29, 0.717) is 11.8 Å². The Morgan fingerprint density at radius 1 is 0.667 bits per heavy atom. The fourth-order valence-electron chi connectivity index (χ4n) is 6.05. The first-order valence-electron chi connectivity index (χ1n) is 12.9. The van der Waals surface area contributed by atoms with E-state index >= 15 is 0 Å². The van der Waals surface area contributed by atoms with E-state index in [-0.39, 0.29) is 0 Å². The third-order valence-corrected chi connectivity index (χ3v) is 11.0. The number of halogens is 1. The van der Waals surface area contributed by atoms with Crippen molar-refractivity contribution in [1.29, 1.82) is 0 Å². The van der Waals surface area contributed by atoms with Crippen molar-refractivity contribution >= 4 is 51.9 Å². The standard InChI is InChI=1S/C34H30BrP/c1-3-24-21-32-28(30(24)22-29-23(2)20-31-27(29)16-10-18-33(31)35)17-11-19-34(32)36(25-12-6-4-7-13-25)26-14-8-5-9-15-26/h4-21,29-30H,3,22H2,1-2H3. The Morgan fingerprint density at radius 2 is 1.28 bits per heavy atom. The van der Waals surface area contributed by atoms with Gasteiger partial charge in [0.25, 0.3) is 0 Å². The lowest BCUT2D eigenvalue weighted by Gasteiger charge is -2.25. The number of fused-ring (bicyclic) bond motifs is 2. The lowest BCUT2D eigenvalue weighted by molar-refractivity contribution is 0.631. The van der Waals surface area contributed by atoms with Gasteiger partial charge in [-0.25, -0.2) is 0 Å². The minimum absolute atomic E-state index is 0.464. The molecule has 0 saturated heterocycles. The Hall–Kier alpha value is -2.73. The number of hydrogen-bond donors (Lipinski definition) is 0. The third kappa shape index (κ3) is 4.13. The van der Waals surface area contributed by atoms with Gasteiger partial charge in [0.05, 0.1) is 0 Å². The molecule has 0 amide bonds. The molecule has 6 rings (SSSR count). The first-order valence-corrected chi connectivity index (χ1v) is 15.0. The second-order valence-corrected chi connectivity index (χ2v) is 12.9. The van der Waals surface area contributed by atoms with Crippen LogP contribution in [0.1, 0.15) is 60.8 Å². The molecule has 0 heterocycles. The van der Waals surface area contributed by atoms with Gasteiger partial charge in [-0.15, -0.1) is 0 Å². The lowest BCUT2D eigenvalue weighted by Crippen LogP contribution is -2.22. The van der Waals surface area contributed by atoms with Gasteiger partial charge in [-0.3, -0.25) is 0 Å². The first-order chi connectivity index (χ1) is 17.7. The predicted molar refractivity (Wildman–Crippen MR) is 161 cm³/mol. The Morgan fingerprint density at radius 3 is 1.92 bits per heavy atom. The number of hydrogen-bond acceptors (Lipinski definition) is 0. The highest BCUT2D eigenvalue weighted by molar-refractivity contribution is 9.10. The highest BCUT2D eigenvalue weighted by Crippen LogP contribution is 2.50. The molecule has 0 fully saturated rings. The van der Waals surface area contributed by atoms with Gasteiger partial charge in [0.1, 0.15) is 0 Å². The molecule has 178 valence electrons. The second kappa shape index (κ2) is 9.97. The quantitative estimate of drug-likeness (QED) is 0.211. The van der Waals surface area contributed by atoms with E-state index < -0.39 is 7.92 Å². The Labute approximate surface area is 224 Å². The molecule has 0 N–H and O–H groups in total. The van der Waals surface area contributed by atoms with Crippen LogP contribution in [-0.4, -0.2) is 0 Å². The van der Waals surface area contributed by atoms with Crippen LogP contribution in [-0.2, 0) is 0 Å². The zero-order valence-electron chi connectivity index (χ0n) is 20.8. The smallest absolute Gasteiger partial charge is 0.0250 e. The topological polar surface area (TPSA) is 0 Å². The SMILES string of the molecule is CCC1=Cc2c(cccc2P(c2ccccc2)c2ccccc2)C1CC1C(C)=Cc2c(Br)cccc21. The molecule has 0 nitrogen and oxygen atoms in total. The normalized spacial score (nSPS) is 18.1. The Kier molecular flexibility index (Phi) is 6.55. The summed E-state index contributed by atoms with van der Waals surface area (Å²) in [4.78, 5) is 0. The Bertz CT molecular complexity index is 1430. The average molecular weight is 549 g/mol. The molecule has 36 heavy (non-hydrogen) atoms. The van der Waals surface area contributed by atoms with Gasteiger partial charge in [0.2, 0.25) is 0 Å². The fourth-order valence-corrected chi connectivity index (χ4v) is 9.01. The van der Waals surface area contributed by atoms with Crippen molar-refractivity contribution in [2.75, 3.05) is 0 Å². The molecule has 0 aromatic heterocycles.